The van der Waals surface area contributed by atoms with Gasteiger partial charge in [-0.2, -0.15) is 0 Å². The minimum absolute atomic E-state index is 0.145. The number of methoxy groups -OCH3 is 1. The summed E-state index contributed by atoms with van der Waals surface area (Å²) < 4.78 is 30.6. The summed E-state index contributed by atoms with van der Waals surface area (Å²) in [5.41, 5.74) is 0.438. The van der Waals surface area contributed by atoms with Crippen LogP contribution in [0.4, 0.5) is 0 Å². The lowest BCUT2D eigenvalue weighted by Crippen LogP contribution is -2.08. The summed E-state index contributed by atoms with van der Waals surface area (Å²) in [5.74, 6) is -0.292. The average Bonchev–Trinajstić information content (AvgIpc) is 2.98. The van der Waals surface area contributed by atoms with Crippen molar-refractivity contribution >= 4 is 21.2 Å². The Hall–Kier alpha value is -1.39. The number of aromatic nitrogens is 5. The molecule has 0 spiro atoms. The Kier molecular flexibility index (Phi) is 4.78. The largest absolute Gasteiger partial charge is 0.377 e. The number of aryl methyl sites for hydroxylation is 1. The van der Waals surface area contributed by atoms with Crippen molar-refractivity contribution in [3.8, 4) is 0 Å². The molecule has 20 heavy (non-hydrogen) atoms. The van der Waals surface area contributed by atoms with Crippen LogP contribution in [0.3, 0.4) is 0 Å². The van der Waals surface area contributed by atoms with Gasteiger partial charge in [0, 0.05) is 19.9 Å². The van der Waals surface area contributed by atoms with Crippen LogP contribution >= 0.6 is 11.3 Å². The Morgan fingerprint density at radius 2 is 2.00 bits per heavy atom. The SMILES string of the molecule is CCn1cc(CS(=O)(=O)Cc2nnc(COC)s2)nn1. The number of sulfone groups is 1. The second-order valence-corrected chi connectivity index (χ2v) is 7.33. The van der Waals surface area contributed by atoms with Gasteiger partial charge in [-0.25, -0.2) is 8.42 Å². The summed E-state index contributed by atoms with van der Waals surface area (Å²) in [5, 5.41) is 16.5. The molecule has 2 aromatic rings. The third kappa shape index (κ3) is 4.05. The van der Waals surface area contributed by atoms with Crippen LogP contribution < -0.4 is 0 Å². The van der Waals surface area contributed by atoms with Crippen molar-refractivity contribution < 1.29 is 13.2 Å². The van der Waals surface area contributed by atoms with Gasteiger partial charge in [0.25, 0.3) is 0 Å². The van der Waals surface area contributed by atoms with Crippen LogP contribution in [0.2, 0.25) is 0 Å². The maximum atomic E-state index is 12.1. The smallest absolute Gasteiger partial charge is 0.162 e. The summed E-state index contributed by atoms with van der Waals surface area (Å²) in [6.45, 7) is 2.90. The first-order valence-corrected chi connectivity index (χ1v) is 8.56. The predicted octanol–water partition coefficient (Wildman–Crippen LogP) is 0.411. The van der Waals surface area contributed by atoms with Crippen LogP contribution in [-0.4, -0.2) is 40.7 Å². The fraction of sp³-hybridized carbons (Fsp3) is 0.600. The molecule has 0 N–H and O–H groups in total. The summed E-state index contributed by atoms with van der Waals surface area (Å²) in [7, 11) is -1.78. The first-order chi connectivity index (χ1) is 9.52. The van der Waals surface area contributed by atoms with E-state index in [9.17, 15) is 8.42 Å². The molecule has 0 aliphatic rings. The Morgan fingerprint density at radius 3 is 2.65 bits per heavy atom. The van der Waals surface area contributed by atoms with Crippen molar-refractivity contribution in [2.75, 3.05) is 7.11 Å². The van der Waals surface area contributed by atoms with E-state index < -0.39 is 9.84 Å². The topological polar surface area (TPSA) is 99.9 Å². The monoisotopic (exact) mass is 317 g/mol. The van der Waals surface area contributed by atoms with Crippen LogP contribution in [0.5, 0.6) is 0 Å². The molecule has 0 aliphatic carbocycles. The van der Waals surface area contributed by atoms with Gasteiger partial charge >= 0.3 is 0 Å². The first kappa shape index (κ1) is 15.0. The van der Waals surface area contributed by atoms with Crippen LogP contribution in [0.25, 0.3) is 0 Å². The molecule has 0 saturated carbocycles. The average molecular weight is 317 g/mol. The van der Waals surface area contributed by atoms with Gasteiger partial charge in [-0.15, -0.1) is 15.3 Å². The van der Waals surface area contributed by atoms with E-state index in [1.807, 2.05) is 6.92 Å². The highest BCUT2D eigenvalue weighted by molar-refractivity contribution is 7.89. The van der Waals surface area contributed by atoms with Gasteiger partial charge in [0.15, 0.2) is 9.84 Å². The number of ether oxygens (including phenoxy) is 1. The molecule has 2 heterocycles. The molecule has 0 atom stereocenters. The molecular weight excluding hydrogens is 302 g/mol. The lowest BCUT2D eigenvalue weighted by atomic mass is 10.5. The van der Waals surface area contributed by atoms with Crippen molar-refractivity contribution in [3.63, 3.8) is 0 Å². The van der Waals surface area contributed by atoms with E-state index in [4.69, 9.17) is 4.74 Å². The fourth-order valence-electron chi connectivity index (χ4n) is 1.55. The van der Waals surface area contributed by atoms with Crippen molar-refractivity contribution in [3.05, 3.63) is 21.9 Å². The zero-order valence-electron chi connectivity index (χ0n) is 11.2. The van der Waals surface area contributed by atoms with Gasteiger partial charge in [0.05, 0.1) is 18.1 Å². The number of hydrogen-bond donors (Lipinski definition) is 0. The molecule has 110 valence electrons. The second-order valence-electron chi connectivity index (χ2n) is 4.12. The number of rotatable bonds is 7. The van der Waals surface area contributed by atoms with Crippen LogP contribution in [0, 0.1) is 0 Å². The molecule has 0 fully saturated rings. The van der Waals surface area contributed by atoms with Gasteiger partial charge in [-0.3, -0.25) is 4.68 Å². The molecule has 0 unspecified atom stereocenters. The predicted molar refractivity (Wildman–Crippen MR) is 72.6 cm³/mol. The first-order valence-electron chi connectivity index (χ1n) is 5.92. The van der Waals surface area contributed by atoms with Crippen molar-refractivity contribution in [2.45, 2.75) is 31.6 Å². The summed E-state index contributed by atoms with van der Waals surface area (Å²) in [6.07, 6.45) is 1.63. The highest BCUT2D eigenvalue weighted by Gasteiger charge is 2.18. The third-order valence-corrected chi connectivity index (χ3v) is 4.93. The van der Waals surface area contributed by atoms with E-state index in [0.29, 0.717) is 28.9 Å². The Balaban J connectivity index is 2.02. The fourth-order valence-corrected chi connectivity index (χ4v) is 4.06. The lowest BCUT2D eigenvalue weighted by molar-refractivity contribution is 0.184. The number of hydrogen-bond acceptors (Lipinski definition) is 8. The van der Waals surface area contributed by atoms with E-state index in [-0.39, 0.29) is 11.5 Å². The molecular formula is C10H15N5O3S2. The van der Waals surface area contributed by atoms with E-state index >= 15 is 0 Å². The molecule has 10 heteroatoms. The van der Waals surface area contributed by atoms with Gasteiger partial charge in [0.2, 0.25) is 0 Å². The zero-order chi connectivity index (χ0) is 14.6. The van der Waals surface area contributed by atoms with E-state index in [0.717, 1.165) is 0 Å². The maximum absolute atomic E-state index is 12.1. The van der Waals surface area contributed by atoms with E-state index in [1.54, 1.807) is 18.0 Å². The maximum Gasteiger partial charge on any atom is 0.162 e. The van der Waals surface area contributed by atoms with Gasteiger partial charge in [0.1, 0.15) is 15.8 Å². The molecule has 2 aromatic heterocycles. The summed E-state index contributed by atoms with van der Waals surface area (Å²) in [6, 6.07) is 0. The van der Waals surface area contributed by atoms with E-state index in [1.165, 1.54) is 11.3 Å². The van der Waals surface area contributed by atoms with Gasteiger partial charge in [-0.1, -0.05) is 16.6 Å². The number of nitrogens with zero attached hydrogens (tertiary/aromatic N) is 5. The van der Waals surface area contributed by atoms with Crippen LogP contribution in [-0.2, 0) is 39.2 Å². The Morgan fingerprint density at radius 1 is 1.25 bits per heavy atom. The van der Waals surface area contributed by atoms with Crippen molar-refractivity contribution in [2.24, 2.45) is 0 Å². The Labute approximate surface area is 120 Å². The van der Waals surface area contributed by atoms with Gasteiger partial charge in [-0.05, 0) is 6.92 Å². The summed E-state index contributed by atoms with van der Waals surface area (Å²) >= 11 is 1.24. The quantitative estimate of drug-likeness (QED) is 0.729. The molecule has 2 rings (SSSR count). The highest BCUT2D eigenvalue weighted by Crippen LogP contribution is 2.16. The highest BCUT2D eigenvalue weighted by atomic mass is 32.2. The zero-order valence-corrected chi connectivity index (χ0v) is 12.8. The van der Waals surface area contributed by atoms with Gasteiger partial charge < -0.3 is 4.74 Å². The summed E-state index contributed by atoms with van der Waals surface area (Å²) in [4.78, 5) is 0. The molecule has 0 amide bonds. The third-order valence-electron chi connectivity index (χ3n) is 2.40. The van der Waals surface area contributed by atoms with E-state index in [2.05, 4.69) is 20.5 Å². The minimum Gasteiger partial charge on any atom is -0.377 e. The molecule has 0 bridgehead atoms. The Bertz CT molecular complexity index is 664. The van der Waals surface area contributed by atoms with Crippen LogP contribution in [0.15, 0.2) is 6.20 Å². The van der Waals surface area contributed by atoms with Crippen LogP contribution in [0.1, 0.15) is 22.6 Å². The molecule has 0 aliphatic heterocycles. The standard InChI is InChI=1S/C10H15N5O3S2/c1-3-15-4-8(11-14-15)6-20(16,17)7-10-13-12-9(19-10)5-18-2/h4H,3,5-7H2,1-2H3. The molecule has 0 aromatic carbocycles. The minimum atomic E-state index is -3.33. The molecule has 0 radical (unpaired) electrons. The normalized spacial score (nSPS) is 11.9. The van der Waals surface area contributed by atoms with Crippen molar-refractivity contribution in [1.82, 2.24) is 25.2 Å². The molecule has 0 saturated heterocycles. The molecule has 8 nitrogen and oxygen atoms in total. The lowest BCUT2D eigenvalue weighted by Gasteiger charge is -1.98. The second kappa shape index (κ2) is 6.37. The van der Waals surface area contributed by atoms with Crippen molar-refractivity contribution in [1.29, 1.82) is 0 Å².